The first-order valence-corrected chi connectivity index (χ1v) is 10.3. The molecule has 0 aliphatic carbocycles. The molecule has 8 nitrogen and oxygen atoms in total. The number of benzene rings is 2. The fraction of sp³-hybridized carbons (Fsp3) is 0.0455. The van der Waals surface area contributed by atoms with E-state index < -0.39 is 0 Å². The summed E-state index contributed by atoms with van der Waals surface area (Å²) in [5.74, 6) is -0.206. The zero-order chi connectivity index (χ0) is 21.2. The molecular formula is C22H16N6O2S. The molecule has 3 aromatic heterocycles. The Morgan fingerprint density at radius 3 is 2.77 bits per heavy atom. The van der Waals surface area contributed by atoms with E-state index in [4.69, 9.17) is 0 Å². The number of pyridine rings is 1. The second-order valence-electron chi connectivity index (χ2n) is 6.75. The van der Waals surface area contributed by atoms with Gasteiger partial charge in [-0.1, -0.05) is 35.6 Å². The lowest BCUT2D eigenvalue weighted by Gasteiger charge is -2.07. The summed E-state index contributed by atoms with van der Waals surface area (Å²) < 4.78 is 1.29. The molecule has 5 aromatic rings. The van der Waals surface area contributed by atoms with Crippen molar-refractivity contribution in [1.29, 1.82) is 0 Å². The van der Waals surface area contributed by atoms with Crippen molar-refractivity contribution in [3.8, 4) is 0 Å². The second kappa shape index (κ2) is 7.96. The van der Waals surface area contributed by atoms with Crippen LogP contribution in [0.3, 0.4) is 0 Å². The molecule has 0 saturated heterocycles. The van der Waals surface area contributed by atoms with Gasteiger partial charge in [-0.2, -0.15) is 4.52 Å². The minimum atomic E-state index is -0.215. The Balaban J connectivity index is 1.37. The zero-order valence-electron chi connectivity index (χ0n) is 16.1. The van der Waals surface area contributed by atoms with Gasteiger partial charge in [-0.25, -0.2) is 4.98 Å². The predicted molar refractivity (Wildman–Crippen MR) is 120 cm³/mol. The first-order valence-electron chi connectivity index (χ1n) is 9.51. The molecule has 5 rings (SSSR count). The van der Waals surface area contributed by atoms with E-state index in [1.54, 1.807) is 42.6 Å². The minimum absolute atomic E-state index is 0.206. The number of amides is 1. The number of para-hydroxylation sites is 1. The molecule has 2 aromatic carbocycles. The summed E-state index contributed by atoms with van der Waals surface area (Å²) in [5.41, 5.74) is 2.39. The van der Waals surface area contributed by atoms with Crippen molar-refractivity contribution in [2.24, 2.45) is 0 Å². The van der Waals surface area contributed by atoms with Gasteiger partial charge in [0.2, 0.25) is 10.1 Å². The Bertz CT molecular complexity index is 1460. The molecule has 152 valence electrons. The third-order valence-electron chi connectivity index (χ3n) is 4.64. The smallest absolute Gasteiger partial charge is 0.283 e. The van der Waals surface area contributed by atoms with E-state index in [9.17, 15) is 9.59 Å². The van der Waals surface area contributed by atoms with E-state index in [2.05, 4.69) is 25.7 Å². The van der Waals surface area contributed by atoms with Gasteiger partial charge in [0.15, 0.2) is 0 Å². The number of nitrogens with one attached hydrogen (secondary N) is 2. The highest BCUT2D eigenvalue weighted by Gasteiger charge is 2.12. The van der Waals surface area contributed by atoms with Gasteiger partial charge >= 0.3 is 0 Å². The van der Waals surface area contributed by atoms with Gasteiger partial charge in [-0.3, -0.25) is 14.6 Å². The highest BCUT2D eigenvalue weighted by Crippen LogP contribution is 2.23. The Hall–Kier alpha value is -4.11. The van der Waals surface area contributed by atoms with Crippen molar-refractivity contribution >= 4 is 43.9 Å². The topological polar surface area (TPSA) is 101 Å². The van der Waals surface area contributed by atoms with Gasteiger partial charge in [0.1, 0.15) is 0 Å². The monoisotopic (exact) mass is 428 g/mol. The van der Waals surface area contributed by atoms with E-state index >= 15 is 0 Å². The van der Waals surface area contributed by atoms with Crippen molar-refractivity contribution in [3.05, 3.63) is 94.5 Å². The number of carbonyl (C=O) groups is 1. The summed E-state index contributed by atoms with van der Waals surface area (Å²) in [6, 6.07) is 19.8. The molecule has 3 heterocycles. The van der Waals surface area contributed by atoms with Crippen LogP contribution in [0.4, 0.5) is 10.8 Å². The van der Waals surface area contributed by atoms with Gasteiger partial charge in [0.25, 0.3) is 11.5 Å². The predicted octanol–water partition coefficient (Wildman–Crippen LogP) is 3.37. The first kappa shape index (κ1) is 18.9. The van der Waals surface area contributed by atoms with Gasteiger partial charge in [-0.05, 0) is 42.5 Å². The lowest BCUT2D eigenvalue weighted by Crippen LogP contribution is -2.23. The summed E-state index contributed by atoms with van der Waals surface area (Å²) >= 11 is 1.26. The number of nitrogens with zero attached hydrogens (tertiary/aromatic N) is 4. The van der Waals surface area contributed by atoms with Crippen LogP contribution in [0.15, 0.2) is 77.7 Å². The van der Waals surface area contributed by atoms with E-state index in [0.29, 0.717) is 38.8 Å². The van der Waals surface area contributed by atoms with Crippen LogP contribution in [0.1, 0.15) is 16.1 Å². The Labute approximate surface area is 180 Å². The number of rotatable bonds is 5. The molecule has 0 fully saturated rings. The Morgan fingerprint density at radius 1 is 1.03 bits per heavy atom. The summed E-state index contributed by atoms with van der Waals surface area (Å²) in [5, 5.41) is 11.4. The summed E-state index contributed by atoms with van der Waals surface area (Å²) in [6.45, 7) is 0.345. The molecule has 9 heteroatoms. The molecule has 0 saturated carbocycles. The normalized spacial score (nSPS) is 11.0. The lowest BCUT2D eigenvalue weighted by molar-refractivity contribution is 0.0950. The molecule has 0 bridgehead atoms. The maximum Gasteiger partial charge on any atom is 0.283 e. The Morgan fingerprint density at radius 2 is 1.90 bits per heavy atom. The summed E-state index contributed by atoms with van der Waals surface area (Å²) in [6.07, 6.45) is 1.69. The van der Waals surface area contributed by atoms with E-state index in [1.807, 2.05) is 30.3 Å². The molecule has 0 spiro atoms. The van der Waals surface area contributed by atoms with Gasteiger partial charge < -0.3 is 10.6 Å². The van der Waals surface area contributed by atoms with Gasteiger partial charge in [0.05, 0.1) is 23.1 Å². The number of aromatic nitrogens is 4. The average Bonchev–Trinajstić information content (AvgIpc) is 3.21. The maximum atomic E-state index is 12.7. The van der Waals surface area contributed by atoms with Crippen molar-refractivity contribution in [1.82, 2.24) is 24.9 Å². The third kappa shape index (κ3) is 3.86. The number of hydrogen-bond donors (Lipinski definition) is 2. The van der Waals surface area contributed by atoms with Crippen LogP contribution in [0.25, 0.3) is 15.9 Å². The van der Waals surface area contributed by atoms with Gasteiger partial charge in [-0.15, -0.1) is 5.10 Å². The van der Waals surface area contributed by atoms with Crippen molar-refractivity contribution in [2.45, 2.75) is 6.54 Å². The standard InChI is InChI=1S/C22H16N6O2S/c29-19(24-13-16-7-3-4-11-23-16)14-6-5-8-15(12-14)25-21-27-28-20(30)17-9-1-2-10-18(17)26-22(28)31-21/h1-12H,13H2,(H,24,29)(H,25,27). The summed E-state index contributed by atoms with van der Waals surface area (Å²) in [4.78, 5) is 34.4. The quantitative estimate of drug-likeness (QED) is 0.445. The van der Waals surface area contributed by atoms with Crippen molar-refractivity contribution in [3.63, 3.8) is 0 Å². The van der Waals surface area contributed by atoms with Crippen molar-refractivity contribution in [2.75, 3.05) is 5.32 Å². The third-order valence-corrected chi connectivity index (χ3v) is 5.46. The second-order valence-corrected chi connectivity index (χ2v) is 7.70. The molecule has 0 atom stereocenters. The highest BCUT2D eigenvalue weighted by atomic mass is 32.1. The van der Waals surface area contributed by atoms with E-state index in [-0.39, 0.29) is 11.5 Å². The SMILES string of the molecule is O=C(NCc1ccccn1)c1cccc(Nc2nn3c(=O)c4ccccc4nc3s2)c1. The van der Waals surface area contributed by atoms with Crippen LogP contribution in [0.5, 0.6) is 0 Å². The minimum Gasteiger partial charge on any atom is -0.346 e. The van der Waals surface area contributed by atoms with Crippen LogP contribution in [0.2, 0.25) is 0 Å². The van der Waals surface area contributed by atoms with Crippen LogP contribution >= 0.6 is 11.3 Å². The van der Waals surface area contributed by atoms with Crippen LogP contribution in [0, 0.1) is 0 Å². The number of carbonyl (C=O) groups excluding carboxylic acids is 1. The molecule has 2 N–H and O–H groups in total. The number of anilines is 2. The van der Waals surface area contributed by atoms with Crippen LogP contribution < -0.4 is 16.2 Å². The molecule has 0 unspecified atom stereocenters. The maximum absolute atomic E-state index is 12.7. The van der Waals surface area contributed by atoms with E-state index in [0.717, 1.165) is 5.69 Å². The molecule has 0 radical (unpaired) electrons. The van der Waals surface area contributed by atoms with Crippen LogP contribution in [-0.4, -0.2) is 25.5 Å². The molecule has 0 aliphatic heterocycles. The molecular weight excluding hydrogens is 412 g/mol. The fourth-order valence-corrected chi connectivity index (χ4v) is 3.96. The van der Waals surface area contributed by atoms with E-state index in [1.165, 1.54) is 15.9 Å². The van der Waals surface area contributed by atoms with Crippen molar-refractivity contribution < 1.29 is 4.79 Å². The fourth-order valence-electron chi connectivity index (χ4n) is 3.14. The van der Waals surface area contributed by atoms with Gasteiger partial charge in [0, 0.05) is 17.4 Å². The zero-order valence-corrected chi connectivity index (χ0v) is 17.0. The molecule has 0 aliphatic rings. The lowest BCUT2D eigenvalue weighted by atomic mass is 10.2. The molecule has 31 heavy (non-hydrogen) atoms. The Kier molecular flexibility index (Phi) is 4.85. The average molecular weight is 428 g/mol. The largest absolute Gasteiger partial charge is 0.346 e. The number of fused-ring (bicyclic) bond motifs is 2. The van der Waals surface area contributed by atoms with Crippen LogP contribution in [-0.2, 0) is 6.54 Å². The highest BCUT2D eigenvalue weighted by molar-refractivity contribution is 7.20. The first-order chi connectivity index (χ1) is 15.2. The molecule has 1 amide bonds. The number of hydrogen-bond acceptors (Lipinski definition) is 7. The summed E-state index contributed by atoms with van der Waals surface area (Å²) in [7, 11) is 0.